The van der Waals surface area contributed by atoms with Gasteiger partial charge in [-0.15, -0.1) is 0 Å². The summed E-state index contributed by atoms with van der Waals surface area (Å²) in [5.74, 6) is 1.51. The van der Waals surface area contributed by atoms with Crippen molar-refractivity contribution in [3.05, 3.63) is 22.7 Å². The van der Waals surface area contributed by atoms with E-state index in [-0.39, 0.29) is 6.79 Å². The summed E-state index contributed by atoms with van der Waals surface area (Å²) in [7, 11) is 0. The van der Waals surface area contributed by atoms with Gasteiger partial charge in [-0.3, -0.25) is 0 Å². The van der Waals surface area contributed by atoms with Gasteiger partial charge in [-0.2, -0.15) is 0 Å². The minimum Gasteiger partial charge on any atom is -0.454 e. The lowest BCUT2D eigenvalue weighted by molar-refractivity contribution is 0.173. The highest BCUT2D eigenvalue weighted by Gasteiger charge is 2.19. The van der Waals surface area contributed by atoms with E-state index >= 15 is 0 Å². The molecule has 0 saturated carbocycles. The van der Waals surface area contributed by atoms with Gasteiger partial charge in [-0.1, -0.05) is 11.6 Å². The number of hydrogen-bond donors (Lipinski definition) is 1. The van der Waals surface area contributed by atoms with Crippen LogP contribution in [0.3, 0.4) is 0 Å². The average Bonchev–Trinajstić information content (AvgIpc) is 2.58. The first-order valence-electron chi connectivity index (χ1n) is 4.10. The first-order chi connectivity index (χ1) is 6.33. The molecule has 0 spiro atoms. The normalized spacial score (nSPS) is 13.4. The fraction of sp³-hybridized carbons (Fsp3) is 0.333. The van der Waals surface area contributed by atoms with Crippen LogP contribution in [-0.2, 0) is 6.42 Å². The molecule has 1 aromatic rings. The summed E-state index contributed by atoms with van der Waals surface area (Å²) in [6, 6.07) is 3.62. The summed E-state index contributed by atoms with van der Waals surface area (Å²) >= 11 is 6.00. The molecule has 0 saturated heterocycles. The van der Waals surface area contributed by atoms with Crippen LogP contribution in [0.5, 0.6) is 11.5 Å². The van der Waals surface area contributed by atoms with Crippen molar-refractivity contribution in [3.8, 4) is 11.5 Å². The van der Waals surface area contributed by atoms with Crippen molar-refractivity contribution in [1.29, 1.82) is 0 Å². The minimum atomic E-state index is 0.271. The average molecular weight is 200 g/mol. The second-order valence-corrected chi connectivity index (χ2v) is 3.21. The van der Waals surface area contributed by atoms with Crippen LogP contribution in [0.15, 0.2) is 12.1 Å². The molecule has 1 aliphatic rings. The third kappa shape index (κ3) is 1.45. The van der Waals surface area contributed by atoms with Crippen LogP contribution < -0.4 is 15.2 Å². The molecule has 3 nitrogen and oxygen atoms in total. The van der Waals surface area contributed by atoms with Crippen LogP contribution in [0.4, 0.5) is 0 Å². The lowest BCUT2D eigenvalue weighted by Crippen LogP contribution is -2.04. The zero-order valence-corrected chi connectivity index (χ0v) is 7.80. The Kier molecular flexibility index (Phi) is 2.29. The first kappa shape index (κ1) is 8.66. The molecule has 2 rings (SSSR count). The summed E-state index contributed by atoms with van der Waals surface area (Å²) in [5.41, 5.74) is 6.41. The van der Waals surface area contributed by atoms with E-state index in [1.54, 1.807) is 6.07 Å². The van der Waals surface area contributed by atoms with Gasteiger partial charge >= 0.3 is 0 Å². The third-order valence-electron chi connectivity index (χ3n) is 1.98. The molecular weight excluding hydrogens is 190 g/mol. The maximum absolute atomic E-state index is 6.00. The molecule has 0 radical (unpaired) electrons. The topological polar surface area (TPSA) is 44.5 Å². The quantitative estimate of drug-likeness (QED) is 0.787. The zero-order valence-electron chi connectivity index (χ0n) is 7.05. The molecule has 4 heteroatoms. The standard InChI is InChI=1S/C9H10ClNO2/c10-7-1-2-8-9(13-5-12-8)6(7)3-4-11/h1-2H,3-5,11H2. The van der Waals surface area contributed by atoms with Crippen molar-refractivity contribution < 1.29 is 9.47 Å². The number of ether oxygens (including phenoxy) is 2. The summed E-state index contributed by atoms with van der Waals surface area (Å²) in [4.78, 5) is 0. The Morgan fingerprint density at radius 1 is 1.38 bits per heavy atom. The van der Waals surface area contributed by atoms with Crippen molar-refractivity contribution in [2.45, 2.75) is 6.42 Å². The molecule has 0 fully saturated rings. The van der Waals surface area contributed by atoms with Crippen LogP contribution in [0.2, 0.25) is 5.02 Å². The summed E-state index contributed by atoms with van der Waals surface area (Å²) in [5, 5.41) is 0.690. The van der Waals surface area contributed by atoms with Crippen LogP contribution >= 0.6 is 11.6 Å². The van der Waals surface area contributed by atoms with Crippen LogP contribution in [0, 0.1) is 0 Å². The Morgan fingerprint density at radius 3 is 3.00 bits per heavy atom. The molecule has 0 bridgehead atoms. The van der Waals surface area contributed by atoms with Gasteiger partial charge in [-0.05, 0) is 25.1 Å². The summed E-state index contributed by atoms with van der Waals surface area (Å²) in [6.07, 6.45) is 0.714. The molecule has 0 amide bonds. The maximum atomic E-state index is 6.00. The van der Waals surface area contributed by atoms with Gasteiger partial charge in [0, 0.05) is 10.6 Å². The van der Waals surface area contributed by atoms with Gasteiger partial charge in [0.05, 0.1) is 0 Å². The number of nitrogens with two attached hydrogens (primary N) is 1. The smallest absolute Gasteiger partial charge is 0.231 e. The lowest BCUT2D eigenvalue weighted by atomic mass is 10.1. The first-order valence-corrected chi connectivity index (χ1v) is 4.48. The van der Waals surface area contributed by atoms with Crippen molar-refractivity contribution in [1.82, 2.24) is 0 Å². The number of rotatable bonds is 2. The number of halogens is 1. The molecule has 1 aromatic carbocycles. The van der Waals surface area contributed by atoms with Crippen molar-refractivity contribution in [2.24, 2.45) is 5.73 Å². The van der Waals surface area contributed by atoms with Gasteiger partial charge in [0.1, 0.15) is 0 Å². The van der Waals surface area contributed by atoms with Crippen LogP contribution in [-0.4, -0.2) is 13.3 Å². The van der Waals surface area contributed by atoms with Gasteiger partial charge in [0.15, 0.2) is 11.5 Å². The fourth-order valence-corrected chi connectivity index (χ4v) is 1.63. The Morgan fingerprint density at radius 2 is 2.23 bits per heavy atom. The van der Waals surface area contributed by atoms with Gasteiger partial charge in [0.2, 0.25) is 6.79 Å². The van der Waals surface area contributed by atoms with Crippen LogP contribution in [0.25, 0.3) is 0 Å². The highest BCUT2D eigenvalue weighted by Crippen LogP contribution is 2.39. The maximum Gasteiger partial charge on any atom is 0.231 e. The van der Waals surface area contributed by atoms with E-state index < -0.39 is 0 Å². The molecule has 13 heavy (non-hydrogen) atoms. The summed E-state index contributed by atoms with van der Waals surface area (Å²) < 4.78 is 10.5. The van der Waals surface area contributed by atoms with Crippen molar-refractivity contribution in [3.63, 3.8) is 0 Å². The molecule has 1 aliphatic heterocycles. The van der Waals surface area contributed by atoms with Gasteiger partial charge in [-0.25, -0.2) is 0 Å². The monoisotopic (exact) mass is 199 g/mol. The number of benzene rings is 1. The summed E-state index contributed by atoms with van der Waals surface area (Å²) in [6.45, 7) is 0.826. The van der Waals surface area contributed by atoms with E-state index in [1.165, 1.54) is 0 Å². The minimum absolute atomic E-state index is 0.271. The Balaban J connectivity index is 2.45. The van der Waals surface area contributed by atoms with E-state index in [4.69, 9.17) is 26.8 Å². The molecule has 0 atom stereocenters. The highest BCUT2D eigenvalue weighted by molar-refractivity contribution is 6.31. The molecule has 0 unspecified atom stereocenters. The zero-order chi connectivity index (χ0) is 9.26. The molecule has 0 aliphatic carbocycles. The SMILES string of the molecule is NCCc1c(Cl)ccc2c1OCO2. The molecular formula is C9H10ClNO2. The molecule has 70 valence electrons. The van der Waals surface area contributed by atoms with E-state index in [1.807, 2.05) is 6.07 Å². The van der Waals surface area contributed by atoms with Gasteiger partial charge in [0.25, 0.3) is 0 Å². The van der Waals surface area contributed by atoms with Crippen LogP contribution in [0.1, 0.15) is 5.56 Å². The van der Waals surface area contributed by atoms with E-state index in [2.05, 4.69) is 0 Å². The highest BCUT2D eigenvalue weighted by atomic mass is 35.5. The van der Waals surface area contributed by atoms with Crippen molar-refractivity contribution >= 4 is 11.6 Å². The molecule has 0 aromatic heterocycles. The van der Waals surface area contributed by atoms with E-state index in [0.717, 1.165) is 17.1 Å². The predicted molar refractivity (Wildman–Crippen MR) is 50.3 cm³/mol. The molecule has 1 heterocycles. The Labute approximate surface area is 81.4 Å². The third-order valence-corrected chi connectivity index (χ3v) is 2.33. The predicted octanol–water partition coefficient (Wildman–Crippen LogP) is 1.57. The second-order valence-electron chi connectivity index (χ2n) is 2.80. The fourth-order valence-electron chi connectivity index (χ4n) is 1.38. The Bertz CT molecular complexity index is 328. The molecule has 2 N–H and O–H groups in total. The second kappa shape index (κ2) is 3.44. The van der Waals surface area contributed by atoms with Crippen molar-refractivity contribution in [2.75, 3.05) is 13.3 Å². The van der Waals surface area contributed by atoms with E-state index in [9.17, 15) is 0 Å². The lowest BCUT2D eigenvalue weighted by Gasteiger charge is -2.05. The largest absolute Gasteiger partial charge is 0.454 e. The van der Waals surface area contributed by atoms with Gasteiger partial charge < -0.3 is 15.2 Å². The van der Waals surface area contributed by atoms with E-state index in [0.29, 0.717) is 18.0 Å². The number of hydrogen-bond acceptors (Lipinski definition) is 3. The number of fused-ring (bicyclic) bond motifs is 1. The Hall–Kier alpha value is -0.930.